The Hall–Kier alpha value is -3.06. The Morgan fingerprint density at radius 1 is 1.06 bits per heavy atom. The highest BCUT2D eigenvalue weighted by Gasteiger charge is 2.24. The van der Waals surface area contributed by atoms with Crippen LogP contribution in [0.25, 0.3) is 0 Å². The fourth-order valence-corrected chi connectivity index (χ4v) is 4.09. The van der Waals surface area contributed by atoms with Crippen molar-refractivity contribution in [3.8, 4) is 5.75 Å². The van der Waals surface area contributed by atoms with Gasteiger partial charge in [-0.15, -0.1) is 0 Å². The van der Waals surface area contributed by atoms with Crippen LogP contribution in [0.2, 0.25) is 0 Å². The van der Waals surface area contributed by atoms with E-state index in [-0.39, 0.29) is 17.9 Å². The van der Waals surface area contributed by atoms with Crippen LogP contribution in [-0.4, -0.2) is 50.8 Å². The van der Waals surface area contributed by atoms with Crippen molar-refractivity contribution in [1.29, 1.82) is 0 Å². The van der Waals surface area contributed by atoms with Crippen LogP contribution in [0.3, 0.4) is 0 Å². The first kappa shape index (κ1) is 21.2. The smallest absolute Gasteiger partial charge is 0.253 e. The summed E-state index contributed by atoms with van der Waals surface area (Å²) in [6, 6.07) is 15.2. The summed E-state index contributed by atoms with van der Waals surface area (Å²) in [7, 11) is 1.66. The molecule has 31 heavy (non-hydrogen) atoms. The summed E-state index contributed by atoms with van der Waals surface area (Å²) in [5.74, 6) is 0.581. The molecule has 1 atom stereocenters. The quantitative estimate of drug-likeness (QED) is 0.746. The van der Waals surface area contributed by atoms with Gasteiger partial charge in [0.25, 0.3) is 11.8 Å². The highest BCUT2D eigenvalue weighted by atomic mass is 16.5. The van der Waals surface area contributed by atoms with E-state index in [2.05, 4.69) is 27.7 Å². The lowest BCUT2D eigenvalue weighted by Crippen LogP contribution is -2.44. The zero-order chi connectivity index (χ0) is 21.6. The fourth-order valence-electron chi connectivity index (χ4n) is 4.09. The van der Waals surface area contributed by atoms with Crippen LogP contribution in [0, 0.1) is 0 Å². The Kier molecular flexibility index (Phi) is 6.72. The second-order valence-corrected chi connectivity index (χ2v) is 8.00. The van der Waals surface area contributed by atoms with Crippen LogP contribution in [0.15, 0.2) is 48.5 Å². The van der Waals surface area contributed by atoms with Gasteiger partial charge in [-0.3, -0.25) is 9.59 Å². The molecule has 2 amide bonds. The first-order chi connectivity index (χ1) is 15.1. The molecule has 2 aliphatic rings. The van der Waals surface area contributed by atoms with E-state index in [9.17, 15) is 9.59 Å². The number of nitrogens with zero attached hydrogens (tertiary/aromatic N) is 1. The lowest BCUT2D eigenvalue weighted by Gasteiger charge is -2.34. The Bertz CT molecular complexity index is 901. The van der Waals surface area contributed by atoms with Crippen molar-refractivity contribution in [3.05, 3.63) is 54.1 Å². The summed E-state index contributed by atoms with van der Waals surface area (Å²) >= 11 is 0. The van der Waals surface area contributed by atoms with Crippen LogP contribution in [0.1, 0.15) is 36.0 Å². The summed E-state index contributed by atoms with van der Waals surface area (Å²) in [6.07, 6.45) is 3.01. The van der Waals surface area contributed by atoms with Gasteiger partial charge < -0.3 is 25.0 Å². The largest absolute Gasteiger partial charge is 0.497 e. The molecule has 4 rings (SSSR count). The topological polar surface area (TPSA) is 79.9 Å². The maximum atomic E-state index is 12.8. The minimum atomic E-state index is -0.395. The number of piperidine rings is 1. The predicted octanol–water partition coefficient (Wildman–Crippen LogP) is 3.21. The van der Waals surface area contributed by atoms with Crippen molar-refractivity contribution in [1.82, 2.24) is 5.32 Å². The van der Waals surface area contributed by atoms with Crippen molar-refractivity contribution in [2.45, 2.75) is 37.8 Å². The fraction of sp³-hybridized carbons (Fsp3) is 0.417. The van der Waals surface area contributed by atoms with Crippen molar-refractivity contribution in [2.75, 3.05) is 37.0 Å². The number of anilines is 2. The van der Waals surface area contributed by atoms with Gasteiger partial charge in [-0.25, -0.2) is 0 Å². The molecular formula is C24H29N3O4. The summed E-state index contributed by atoms with van der Waals surface area (Å²) in [5.41, 5.74) is 2.32. The number of nitrogens with one attached hydrogen (secondary N) is 2. The van der Waals surface area contributed by atoms with Gasteiger partial charge in [0.1, 0.15) is 11.9 Å². The number of rotatable bonds is 6. The van der Waals surface area contributed by atoms with E-state index in [1.54, 1.807) is 31.4 Å². The van der Waals surface area contributed by atoms with Gasteiger partial charge in [0.2, 0.25) is 0 Å². The number of amides is 2. The van der Waals surface area contributed by atoms with E-state index >= 15 is 0 Å². The molecule has 0 aromatic heterocycles. The molecule has 1 unspecified atom stereocenters. The molecule has 2 heterocycles. The molecule has 2 aromatic rings. The highest BCUT2D eigenvalue weighted by Crippen LogP contribution is 2.23. The third kappa shape index (κ3) is 5.35. The molecule has 2 fully saturated rings. The lowest BCUT2D eigenvalue weighted by molar-refractivity contribution is -0.124. The summed E-state index contributed by atoms with van der Waals surface area (Å²) in [6.45, 7) is 2.39. The maximum absolute atomic E-state index is 12.8. The van der Waals surface area contributed by atoms with Crippen molar-refractivity contribution in [2.24, 2.45) is 0 Å². The normalized spacial score (nSPS) is 19.1. The zero-order valence-electron chi connectivity index (χ0n) is 17.8. The molecule has 2 aromatic carbocycles. The molecule has 2 N–H and O–H groups in total. The summed E-state index contributed by atoms with van der Waals surface area (Å²) in [4.78, 5) is 27.3. The lowest BCUT2D eigenvalue weighted by atomic mass is 10.0. The van der Waals surface area contributed by atoms with E-state index < -0.39 is 6.10 Å². The Morgan fingerprint density at radius 2 is 1.84 bits per heavy atom. The molecular weight excluding hydrogens is 394 g/mol. The van der Waals surface area contributed by atoms with Gasteiger partial charge in [0.05, 0.1) is 7.11 Å². The minimum Gasteiger partial charge on any atom is -0.497 e. The average molecular weight is 424 g/mol. The van der Waals surface area contributed by atoms with E-state index in [4.69, 9.17) is 9.47 Å². The molecule has 0 bridgehead atoms. The van der Waals surface area contributed by atoms with Crippen LogP contribution in [-0.2, 0) is 9.53 Å². The highest BCUT2D eigenvalue weighted by molar-refractivity contribution is 5.98. The second kappa shape index (κ2) is 9.83. The summed E-state index contributed by atoms with van der Waals surface area (Å²) < 4.78 is 10.6. The Labute approximate surface area is 182 Å². The monoisotopic (exact) mass is 423 g/mol. The van der Waals surface area contributed by atoms with Crippen molar-refractivity contribution < 1.29 is 19.1 Å². The SMILES string of the molecule is COc1ccc(N2CCC(NC(=O)c3cccc(NC(=O)C4CCCO4)c3)CC2)cc1. The number of hydrogen-bond donors (Lipinski definition) is 2. The van der Waals surface area contributed by atoms with Gasteiger partial charge in [-0.1, -0.05) is 6.07 Å². The zero-order valence-corrected chi connectivity index (χ0v) is 17.8. The molecule has 7 heteroatoms. The molecule has 164 valence electrons. The molecule has 0 radical (unpaired) electrons. The second-order valence-electron chi connectivity index (χ2n) is 8.00. The first-order valence-electron chi connectivity index (χ1n) is 10.8. The molecule has 0 saturated carbocycles. The number of ether oxygens (including phenoxy) is 2. The number of methoxy groups -OCH3 is 1. The van der Waals surface area contributed by atoms with Gasteiger partial charge in [0, 0.05) is 42.7 Å². The van der Waals surface area contributed by atoms with Gasteiger partial charge in [-0.05, 0) is 68.1 Å². The molecule has 0 spiro atoms. The van der Waals surface area contributed by atoms with E-state index in [0.717, 1.165) is 44.5 Å². The van der Waals surface area contributed by atoms with Gasteiger partial charge >= 0.3 is 0 Å². The van der Waals surface area contributed by atoms with Gasteiger partial charge in [0.15, 0.2) is 0 Å². The van der Waals surface area contributed by atoms with Crippen LogP contribution in [0.4, 0.5) is 11.4 Å². The third-order valence-corrected chi connectivity index (χ3v) is 5.88. The number of hydrogen-bond acceptors (Lipinski definition) is 5. The summed E-state index contributed by atoms with van der Waals surface area (Å²) in [5, 5.41) is 5.99. The number of carbonyl (C=O) groups excluding carboxylic acids is 2. The van der Waals surface area contributed by atoms with Crippen LogP contribution >= 0.6 is 0 Å². The number of benzene rings is 2. The molecule has 7 nitrogen and oxygen atoms in total. The Balaban J connectivity index is 1.29. The van der Waals surface area contributed by atoms with Crippen LogP contribution in [0.5, 0.6) is 5.75 Å². The van der Waals surface area contributed by atoms with Gasteiger partial charge in [-0.2, -0.15) is 0 Å². The predicted molar refractivity (Wildman–Crippen MR) is 120 cm³/mol. The number of carbonyl (C=O) groups is 2. The molecule has 2 saturated heterocycles. The van der Waals surface area contributed by atoms with Crippen molar-refractivity contribution >= 4 is 23.2 Å². The van der Waals surface area contributed by atoms with E-state index in [1.807, 2.05) is 12.1 Å². The Morgan fingerprint density at radius 3 is 2.52 bits per heavy atom. The average Bonchev–Trinajstić information content (AvgIpc) is 3.35. The van der Waals surface area contributed by atoms with Crippen molar-refractivity contribution in [3.63, 3.8) is 0 Å². The van der Waals surface area contributed by atoms with E-state index in [1.165, 1.54) is 5.69 Å². The third-order valence-electron chi connectivity index (χ3n) is 5.88. The van der Waals surface area contributed by atoms with Crippen LogP contribution < -0.4 is 20.3 Å². The molecule has 0 aliphatic carbocycles. The van der Waals surface area contributed by atoms with E-state index in [0.29, 0.717) is 17.9 Å². The minimum absolute atomic E-state index is 0.115. The standard InChI is InChI=1S/C24H29N3O4/c1-30-21-9-7-20(8-10-21)27-13-11-18(12-14-27)25-23(28)17-4-2-5-19(16-17)26-24(29)22-6-3-15-31-22/h2,4-5,7-10,16,18,22H,3,6,11-15H2,1H3,(H,25,28)(H,26,29). The maximum Gasteiger partial charge on any atom is 0.253 e. The molecule has 2 aliphatic heterocycles. The first-order valence-corrected chi connectivity index (χ1v) is 10.8.